The van der Waals surface area contributed by atoms with Crippen LogP contribution in [0.2, 0.25) is 0 Å². The number of nitrogens with zero attached hydrogens (tertiary/aromatic N) is 2. The molecule has 5 rings (SSSR count). The second-order valence-electron chi connectivity index (χ2n) is 9.20. The summed E-state index contributed by atoms with van der Waals surface area (Å²) in [5, 5.41) is 7.02. The number of benzene rings is 4. The Hall–Kier alpha value is -5.23. The van der Waals surface area contributed by atoms with Gasteiger partial charge in [0.25, 0.3) is 5.91 Å². The molecule has 0 aliphatic heterocycles. The fourth-order valence-corrected chi connectivity index (χ4v) is 4.47. The van der Waals surface area contributed by atoms with Crippen LogP contribution in [0.1, 0.15) is 28.4 Å². The van der Waals surface area contributed by atoms with Crippen molar-refractivity contribution in [3.8, 4) is 28.2 Å². The first-order valence-electron chi connectivity index (χ1n) is 12.6. The van der Waals surface area contributed by atoms with Gasteiger partial charge in [0, 0.05) is 29.4 Å². The third-order valence-corrected chi connectivity index (χ3v) is 6.25. The maximum Gasteiger partial charge on any atom is 0.271 e. The Bertz CT molecular complexity index is 1640. The molecule has 2 amide bonds. The Morgan fingerprint density at radius 3 is 2.10 bits per heavy atom. The van der Waals surface area contributed by atoms with Crippen LogP contribution in [0.4, 0.5) is 5.69 Å². The summed E-state index contributed by atoms with van der Waals surface area (Å²) in [6.45, 7) is 3.50. The molecule has 5 aromatic rings. The summed E-state index contributed by atoms with van der Waals surface area (Å²) in [6.07, 6.45) is 1.68. The molecule has 1 aromatic heterocycles. The van der Waals surface area contributed by atoms with Gasteiger partial charge in [0.05, 0.1) is 17.6 Å². The Labute approximate surface area is 227 Å². The SMILES string of the molecule is CC(=O)Nc1cccc(C(=O)N/N=C\c2cc(-c3ccccc3)n(-c3ccc(C)cc3)c2-c2ccccc2)c1. The van der Waals surface area contributed by atoms with E-state index in [1.165, 1.54) is 12.5 Å². The van der Waals surface area contributed by atoms with Gasteiger partial charge in [-0.15, -0.1) is 0 Å². The van der Waals surface area contributed by atoms with Crippen LogP contribution in [0.15, 0.2) is 120 Å². The standard InChI is InChI=1S/C33H28N4O2/c1-23-16-18-30(19-17-23)37-31(25-10-5-3-6-11-25)21-28(32(37)26-12-7-4-8-13-26)22-34-36-33(39)27-14-9-15-29(20-27)35-24(2)38/h3-22H,1-2H3,(H,35,38)(H,36,39)/b34-22-. The highest BCUT2D eigenvalue weighted by atomic mass is 16.2. The second kappa shape index (κ2) is 11.4. The van der Waals surface area contributed by atoms with Crippen molar-refractivity contribution in [3.05, 3.63) is 132 Å². The number of rotatable bonds is 7. The van der Waals surface area contributed by atoms with Crippen LogP contribution in [-0.4, -0.2) is 22.6 Å². The lowest BCUT2D eigenvalue weighted by molar-refractivity contribution is -0.114. The lowest BCUT2D eigenvalue weighted by atomic mass is 10.1. The van der Waals surface area contributed by atoms with Gasteiger partial charge in [-0.05, 0) is 54.4 Å². The van der Waals surface area contributed by atoms with Crippen molar-refractivity contribution in [2.24, 2.45) is 5.10 Å². The molecular formula is C33H28N4O2. The molecule has 6 nitrogen and oxygen atoms in total. The molecule has 0 spiro atoms. The van der Waals surface area contributed by atoms with E-state index in [0.717, 1.165) is 33.8 Å². The van der Waals surface area contributed by atoms with Gasteiger partial charge in [-0.2, -0.15) is 5.10 Å². The summed E-state index contributed by atoms with van der Waals surface area (Å²) in [5.74, 6) is -0.577. The second-order valence-corrected chi connectivity index (χ2v) is 9.20. The molecule has 192 valence electrons. The minimum absolute atomic E-state index is 0.202. The maximum absolute atomic E-state index is 12.8. The Kier molecular flexibility index (Phi) is 7.46. The van der Waals surface area contributed by atoms with Gasteiger partial charge in [-0.1, -0.05) is 84.4 Å². The van der Waals surface area contributed by atoms with E-state index in [0.29, 0.717) is 11.3 Å². The number of aryl methyl sites for hydroxylation is 1. The number of hydrogen-bond donors (Lipinski definition) is 2. The van der Waals surface area contributed by atoms with Gasteiger partial charge < -0.3 is 9.88 Å². The van der Waals surface area contributed by atoms with Crippen LogP contribution in [-0.2, 0) is 4.79 Å². The number of amides is 2. The fourth-order valence-electron chi connectivity index (χ4n) is 4.47. The van der Waals surface area contributed by atoms with Crippen molar-refractivity contribution in [1.82, 2.24) is 9.99 Å². The third kappa shape index (κ3) is 5.86. The van der Waals surface area contributed by atoms with Crippen LogP contribution < -0.4 is 10.7 Å². The van der Waals surface area contributed by atoms with Gasteiger partial charge in [0.1, 0.15) is 0 Å². The number of hydrogen-bond acceptors (Lipinski definition) is 3. The van der Waals surface area contributed by atoms with Crippen molar-refractivity contribution in [1.29, 1.82) is 0 Å². The van der Waals surface area contributed by atoms with Crippen LogP contribution >= 0.6 is 0 Å². The topological polar surface area (TPSA) is 75.5 Å². The Morgan fingerprint density at radius 2 is 1.44 bits per heavy atom. The summed E-state index contributed by atoms with van der Waals surface area (Å²) in [5.41, 5.74) is 10.7. The third-order valence-electron chi connectivity index (χ3n) is 6.25. The summed E-state index contributed by atoms with van der Waals surface area (Å²) in [6, 6.07) is 37.6. The molecule has 4 aromatic carbocycles. The lowest BCUT2D eigenvalue weighted by Gasteiger charge is -2.15. The van der Waals surface area contributed by atoms with E-state index in [-0.39, 0.29) is 11.8 Å². The molecule has 0 aliphatic carbocycles. The van der Waals surface area contributed by atoms with E-state index < -0.39 is 0 Å². The van der Waals surface area contributed by atoms with Crippen molar-refractivity contribution in [2.45, 2.75) is 13.8 Å². The molecule has 2 N–H and O–H groups in total. The number of carbonyl (C=O) groups excluding carboxylic acids is 2. The highest BCUT2D eigenvalue weighted by Gasteiger charge is 2.18. The van der Waals surface area contributed by atoms with Gasteiger partial charge in [-0.3, -0.25) is 9.59 Å². The van der Waals surface area contributed by atoms with E-state index in [1.54, 1.807) is 30.5 Å². The quantitative estimate of drug-likeness (QED) is 0.185. The van der Waals surface area contributed by atoms with Crippen molar-refractivity contribution in [2.75, 3.05) is 5.32 Å². The monoisotopic (exact) mass is 512 g/mol. The molecule has 39 heavy (non-hydrogen) atoms. The zero-order valence-electron chi connectivity index (χ0n) is 21.8. The normalized spacial score (nSPS) is 10.9. The van der Waals surface area contributed by atoms with Crippen LogP contribution in [0.25, 0.3) is 28.2 Å². The fraction of sp³-hybridized carbons (Fsp3) is 0.0606. The lowest BCUT2D eigenvalue weighted by Crippen LogP contribution is -2.18. The molecular weight excluding hydrogens is 484 g/mol. The average Bonchev–Trinajstić information content (AvgIpc) is 3.33. The molecule has 0 aliphatic rings. The van der Waals surface area contributed by atoms with E-state index in [4.69, 9.17) is 0 Å². The molecule has 0 atom stereocenters. The number of carbonyl (C=O) groups is 2. The Morgan fingerprint density at radius 1 is 0.769 bits per heavy atom. The number of anilines is 1. The first-order valence-corrected chi connectivity index (χ1v) is 12.6. The predicted molar refractivity (Wildman–Crippen MR) is 157 cm³/mol. The minimum atomic E-state index is -0.374. The predicted octanol–water partition coefficient (Wildman–Crippen LogP) is 6.84. The molecule has 0 radical (unpaired) electrons. The highest BCUT2D eigenvalue weighted by Crippen LogP contribution is 2.35. The summed E-state index contributed by atoms with van der Waals surface area (Å²) in [4.78, 5) is 24.2. The largest absolute Gasteiger partial charge is 0.326 e. The summed E-state index contributed by atoms with van der Waals surface area (Å²) >= 11 is 0. The molecule has 0 fully saturated rings. The van der Waals surface area contributed by atoms with E-state index in [9.17, 15) is 9.59 Å². The maximum atomic E-state index is 12.8. The van der Waals surface area contributed by atoms with E-state index in [2.05, 4.69) is 81.9 Å². The molecule has 6 heteroatoms. The molecule has 0 bridgehead atoms. The molecule has 0 saturated carbocycles. The first kappa shape index (κ1) is 25.4. The van der Waals surface area contributed by atoms with E-state index >= 15 is 0 Å². The van der Waals surface area contributed by atoms with Gasteiger partial charge in [0.15, 0.2) is 0 Å². The number of hydrazone groups is 1. The zero-order chi connectivity index (χ0) is 27.2. The van der Waals surface area contributed by atoms with Gasteiger partial charge in [-0.25, -0.2) is 5.43 Å². The highest BCUT2D eigenvalue weighted by molar-refractivity contribution is 5.98. The van der Waals surface area contributed by atoms with Gasteiger partial charge >= 0.3 is 0 Å². The van der Waals surface area contributed by atoms with Crippen LogP contribution in [0, 0.1) is 6.92 Å². The van der Waals surface area contributed by atoms with Crippen LogP contribution in [0.5, 0.6) is 0 Å². The minimum Gasteiger partial charge on any atom is -0.326 e. The smallest absolute Gasteiger partial charge is 0.271 e. The van der Waals surface area contributed by atoms with E-state index in [1.807, 2.05) is 36.4 Å². The van der Waals surface area contributed by atoms with Crippen molar-refractivity contribution < 1.29 is 9.59 Å². The van der Waals surface area contributed by atoms with Crippen LogP contribution in [0.3, 0.4) is 0 Å². The number of aromatic nitrogens is 1. The summed E-state index contributed by atoms with van der Waals surface area (Å²) < 4.78 is 2.23. The first-order chi connectivity index (χ1) is 19.0. The van der Waals surface area contributed by atoms with Crippen molar-refractivity contribution >= 4 is 23.7 Å². The Balaban J connectivity index is 1.57. The van der Waals surface area contributed by atoms with Gasteiger partial charge in [0.2, 0.25) is 5.91 Å². The summed E-state index contributed by atoms with van der Waals surface area (Å²) in [7, 11) is 0. The number of nitrogens with one attached hydrogen (secondary N) is 2. The molecule has 1 heterocycles. The molecule has 0 saturated heterocycles. The van der Waals surface area contributed by atoms with Crippen molar-refractivity contribution in [3.63, 3.8) is 0 Å². The zero-order valence-corrected chi connectivity index (χ0v) is 21.8. The molecule has 0 unspecified atom stereocenters. The average molecular weight is 513 g/mol.